The van der Waals surface area contributed by atoms with Crippen molar-refractivity contribution < 1.29 is 13.9 Å². The lowest BCUT2D eigenvalue weighted by molar-refractivity contribution is 0.354. The van der Waals surface area contributed by atoms with Crippen LogP contribution in [-0.4, -0.2) is 14.2 Å². The Morgan fingerprint density at radius 1 is 0.788 bits per heavy atom. The number of para-hydroxylation sites is 1. The molecule has 0 saturated heterocycles. The van der Waals surface area contributed by atoms with Gasteiger partial charge >= 0.3 is 5.63 Å². The van der Waals surface area contributed by atoms with Gasteiger partial charge in [-0.2, -0.15) is 0 Å². The molecule has 0 saturated carbocycles. The van der Waals surface area contributed by atoms with Crippen molar-refractivity contribution in [2.24, 2.45) is 0 Å². The molecule has 33 heavy (non-hydrogen) atoms. The Morgan fingerprint density at radius 3 is 2.36 bits per heavy atom. The summed E-state index contributed by atoms with van der Waals surface area (Å²) in [6.07, 6.45) is 0. The van der Waals surface area contributed by atoms with Crippen molar-refractivity contribution >= 4 is 27.4 Å². The summed E-state index contributed by atoms with van der Waals surface area (Å²) in [4.78, 5) is 13.4. The van der Waals surface area contributed by atoms with Crippen LogP contribution in [0.4, 0.5) is 5.69 Å². The van der Waals surface area contributed by atoms with Crippen LogP contribution >= 0.6 is 0 Å². The molecule has 5 aromatic rings. The lowest BCUT2D eigenvalue weighted by atomic mass is 9.83. The zero-order valence-electron chi connectivity index (χ0n) is 18.2. The highest BCUT2D eigenvalue weighted by Gasteiger charge is 2.32. The summed E-state index contributed by atoms with van der Waals surface area (Å²) in [5.74, 6) is 1.24. The van der Waals surface area contributed by atoms with Gasteiger partial charge in [-0.1, -0.05) is 54.6 Å². The van der Waals surface area contributed by atoms with E-state index in [0.717, 1.165) is 38.5 Å². The van der Waals surface area contributed by atoms with Crippen molar-refractivity contribution in [1.82, 2.24) is 0 Å². The predicted octanol–water partition coefficient (Wildman–Crippen LogP) is 6.15. The van der Waals surface area contributed by atoms with Gasteiger partial charge in [-0.05, 0) is 40.6 Å². The number of methoxy groups -OCH3 is 2. The number of benzene rings is 4. The molecule has 0 amide bonds. The topological polar surface area (TPSA) is 60.7 Å². The van der Waals surface area contributed by atoms with Gasteiger partial charge in [0.25, 0.3) is 0 Å². The molecule has 1 aliphatic rings. The van der Waals surface area contributed by atoms with Crippen molar-refractivity contribution in [3.05, 3.63) is 100 Å². The van der Waals surface area contributed by atoms with Crippen molar-refractivity contribution in [3.8, 4) is 22.6 Å². The molecule has 5 heteroatoms. The third-order valence-corrected chi connectivity index (χ3v) is 6.36. The van der Waals surface area contributed by atoms with E-state index >= 15 is 0 Å². The van der Waals surface area contributed by atoms with Gasteiger partial charge in [0.2, 0.25) is 0 Å². The Bertz CT molecular complexity index is 1600. The molecule has 0 radical (unpaired) electrons. The Kier molecular flexibility index (Phi) is 4.37. The maximum absolute atomic E-state index is 13.4. The van der Waals surface area contributed by atoms with Gasteiger partial charge < -0.3 is 19.2 Å². The highest BCUT2D eigenvalue weighted by atomic mass is 16.5. The summed E-state index contributed by atoms with van der Waals surface area (Å²) in [5, 5.41) is 6.72. The van der Waals surface area contributed by atoms with Crippen LogP contribution in [0.5, 0.6) is 11.5 Å². The molecule has 0 aliphatic carbocycles. The fourth-order valence-corrected chi connectivity index (χ4v) is 4.87. The minimum atomic E-state index is -0.408. The standard InChI is InChI=1S/C28H21NO4/c1-31-22-14-12-17(15-23(22)32-2)27-26-25(19-9-5-6-10-21(19)33-28(26)30)24-18-8-4-3-7-16(18)11-13-20(24)29-27/h3-15,27,29H,1-2H3/t27-/m0/s1. The molecule has 162 valence electrons. The highest BCUT2D eigenvalue weighted by molar-refractivity contribution is 6.11. The Balaban J connectivity index is 1.71. The van der Waals surface area contributed by atoms with E-state index in [9.17, 15) is 4.79 Å². The second-order valence-corrected chi connectivity index (χ2v) is 8.08. The summed E-state index contributed by atoms with van der Waals surface area (Å²) in [5.41, 5.74) is 4.59. The van der Waals surface area contributed by atoms with E-state index in [1.54, 1.807) is 14.2 Å². The summed E-state index contributed by atoms with van der Waals surface area (Å²) in [6.45, 7) is 0. The Morgan fingerprint density at radius 2 is 1.55 bits per heavy atom. The fraction of sp³-hybridized carbons (Fsp3) is 0.107. The number of rotatable bonds is 3. The lowest BCUT2D eigenvalue weighted by Crippen LogP contribution is -2.25. The molecule has 1 aliphatic heterocycles. The first kappa shape index (κ1) is 19.4. The first-order valence-corrected chi connectivity index (χ1v) is 10.8. The minimum Gasteiger partial charge on any atom is -0.493 e. The summed E-state index contributed by atoms with van der Waals surface area (Å²) in [7, 11) is 3.21. The largest absolute Gasteiger partial charge is 0.493 e. The first-order valence-electron chi connectivity index (χ1n) is 10.8. The van der Waals surface area contributed by atoms with Gasteiger partial charge in [0, 0.05) is 22.2 Å². The van der Waals surface area contributed by atoms with Crippen LogP contribution in [0.25, 0.3) is 32.9 Å². The van der Waals surface area contributed by atoms with E-state index in [1.807, 2.05) is 54.6 Å². The van der Waals surface area contributed by atoms with Crippen LogP contribution in [0.1, 0.15) is 17.2 Å². The second kappa shape index (κ2) is 7.41. The maximum Gasteiger partial charge on any atom is 0.342 e. The molecule has 2 heterocycles. The molecule has 1 N–H and O–H groups in total. The average Bonchev–Trinajstić information content (AvgIpc) is 2.87. The SMILES string of the molecule is COc1ccc([C@@H]2Nc3ccc4ccccc4c3-c3c2c(=O)oc2ccccc32)cc1OC. The van der Waals surface area contributed by atoms with Crippen LogP contribution < -0.4 is 20.4 Å². The third-order valence-electron chi connectivity index (χ3n) is 6.36. The normalized spacial score (nSPS) is 14.4. The number of anilines is 1. The molecule has 5 nitrogen and oxygen atoms in total. The van der Waals surface area contributed by atoms with Crippen molar-refractivity contribution in [3.63, 3.8) is 0 Å². The molecule has 1 atom stereocenters. The second-order valence-electron chi connectivity index (χ2n) is 8.08. The quantitative estimate of drug-likeness (QED) is 0.345. The van der Waals surface area contributed by atoms with Crippen LogP contribution in [-0.2, 0) is 0 Å². The Hall–Kier alpha value is -4.25. The predicted molar refractivity (Wildman–Crippen MR) is 130 cm³/mol. The van der Waals surface area contributed by atoms with E-state index in [0.29, 0.717) is 22.6 Å². The van der Waals surface area contributed by atoms with Gasteiger partial charge in [0.1, 0.15) is 5.58 Å². The van der Waals surface area contributed by atoms with Gasteiger partial charge in [-0.3, -0.25) is 0 Å². The maximum atomic E-state index is 13.4. The van der Waals surface area contributed by atoms with Crippen molar-refractivity contribution in [1.29, 1.82) is 0 Å². The summed E-state index contributed by atoms with van der Waals surface area (Å²) >= 11 is 0. The van der Waals surface area contributed by atoms with Gasteiger partial charge in [0.15, 0.2) is 11.5 Å². The van der Waals surface area contributed by atoms with Crippen molar-refractivity contribution in [2.75, 3.05) is 19.5 Å². The summed E-state index contributed by atoms with van der Waals surface area (Å²) < 4.78 is 16.7. The molecule has 0 bridgehead atoms. The minimum absolute atomic E-state index is 0.352. The molecular weight excluding hydrogens is 414 g/mol. The van der Waals surface area contributed by atoms with Gasteiger partial charge in [-0.25, -0.2) is 4.79 Å². The zero-order chi connectivity index (χ0) is 22.5. The number of hydrogen-bond acceptors (Lipinski definition) is 5. The van der Waals surface area contributed by atoms with Crippen LogP contribution in [0, 0.1) is 0 Å². The van der Waals surface area contributed by atoms with Gasteiger partial charge in [0.05, 0.1) is 25.8 Å². The van der Waals surface area contributed by atoms with E-state index < -0.39 is 6.04 Å². The van der Waals surface area contributed by atoms with E-state index in [1.165, 1.54) is 0 Å². The smallest absolute Gasteiger partial charge is 0.342 e. The van der Waals surface area contributed by atoms with Crippen molar-refractivity contribution in [2.45, 2.75) is 6.04 Å². The molecule has 6 rings (SSSR count). The molecule has 0 spiro atoms. The van der Waals surface area contributed by atoms with Crippen LogP contribution in [0.2, 0.25) is 0 Å². The molecule has 4 aromatic carbocycles. The average molecular weight is 435 g/mol. The zero-order valence-corrected chi connectivity index (χ0v) is 18.2. The lowest BCUT2D eigenvalue weighted by Gasteiger charge is -2.31. The first-order chi connectivity index (χ1) is 16.2. The number of hydrogen-bond donors (Lipinski definition) is 1. The number of fused-ring (bicyclic) bond motifs is 7. The third kappa shape index (κ3) is 2.89. The molecule has 0 fully saturated rings. The molecule has 0 unspecified atom stereocenters. The van der Waals surface area contributed by atoms with E-state index in [2.05, 4.69) is 29.6 Å². The van der Waals surface area contributed by atoms with E-state index in [-0.39, 0.29) is 5.63 Å². The number of ether oxygens (including phenoxy) is 2. The monoisotopic (exact) mass is 435 g/mol. The van der Waals surface area contributed by atoms with Gasteiger partial charge in [-0.15, -0.1) is 0 Å². The van der Waals surface area contributed by atoms with E-state index in [4.69, 9.17) is 13.9 Å². The molecule has 1 aromatic heterocycles. The number of nitrogens with one attached hydrogen (secondary N) is 1. The highest BCUT2D eigenvalue weighted by Crippen LogP contribution is 2.48. The summed E-state index contributed by atoms with van der Waals surface area (Å²) in [6, 6.07) is 25.4. The van der Waals surface area contributed by atoms with Crippen LogP contribution in [0.3, 0.4) is 0 Å². The Labute approximate surface area is 190 Å². The fourth-order valence-electron chi connectivity index (χ4n) is 4.87. The molecular formula is C28H21NO4. The van der Waals surface area contributed by atoms with Crippen LogP contribution in [0.15, 0.2) is 88.1 Å².